The molecule has 0 aliphatic carbocycles. The molecule has 0 bridgehead atoms. The van der Waals surface area contributed by atoms with Crippen molar-refractivity contribution in [2.75, 3.05) is 0 Å². The summed E-state index contributed by atoms with van der Waals surface area (Å²) in [7, 11) is 0. The molecule has 3 nitrogen and oxygen atoms in total. The Morgan fingerprint density at radius 2 is 1.56 bits per heavy atom. The molecule has 0 fully saturated rings. The fourth-order valence-corrected chi connectivity index (χ4v) is 1.76. The first kappa shape index (κ1) is 8.97. The number of nitrogens with zero attached hydrogens (tertiary/aromatic N) is 1. The normalized spacial score (nSPS) is 10.8. The average Bonchev–Trinajstić information content (AvgIpc) is 2.69. The zero-order chi connectivity index (χ0) is 11.0. The Morgan fingerprint density at radius 3 is 2.38 bits per heavy atom. The second-order valence-electron chi connectivity index (χ2n) is 3.53. The third-order valence-electron chi connectivity index (χ3n) is 2.51. The van der Waals surface area contributed by atoms with E-state index < -0.39 is 0 Å². The number of fused-ring (bicyclic) bond motifs is 1. The Bertz CT molecular complexity index is 680. The lowest BCUT2D eigenvalue weighted by atomic mass is 10.2. The summed E-state index contributed by atoms with van der Waals surface area (Å²) in [5.74, 6) is 0. The number of hydrogen-bond donors (Lipinski definition) is 0. The van der Waals surface area contributed by atoms with Crippen LogP contribution in [-0.2, 0) is 0 Å². The van der Waals surface area contributed by atoms with Crippen molar-refractivity contribution in [3.63, 3.8) is 0 Å². The highest BCUT2D eigenvalue weighted by Gasteiger charge is 2.08. The predicted molar refractivity (Wildman–Crippen MR) is 61.8 cm³/mol. The molecule has 1 aromatic heterocycles. The van der Waals surface area contributed by atoms with Gasteiger partial charge < -0.3 is 4.52 Å². The first-order chi connectivity index (χ1) is 7.86. The molecule has 3 aromatic rings. The Morgan fingerprint density at radius 1 is 0.875 bits per heavy atom. The van der Waals surface area contributed by atoms with Crippen molar-refractivity contribution >= 4 is 10.9 Å². The largest absolute Gasteiger partial charge is 0.365 e. The van der Waals surface area contributed by atoms with Crippen LogP contribution in [0, 0.1) is 0 Å². The predicted octanol–water partition coefficient (Wildman–Crippen LogP) is 2.58. The van der Waals surface area contributed by atoms with E-state index in [1.165, 1.54) is 0 Å². The minimum atomic E-state index is -0.306. The van der Waals surface area contributed by atoms with Crippen LogP contribution in [0.5, 0.6) is 0 Å². The lowest BCUT2D eigenvalue weighted by Crippen LogP contribution is -1.93. The molecule has 0 saturated heterocycles. The maximum atomic E-state index is 11.6. The van der Waals surface area contributed by atoms with Crippen LogP contribution in [0.2, 0.25) is 0 Å². The molecule has 0 aliphatic rings. The minimum absolute atomic E-state index is 0.306. The van der Waals surface area contributed by atoms with Gasteiger partial charge in [-0.2, -0.15) is 4.74 Å². The van der Waals surface area contributed by atoms with Gasteiger partial charge in [0.25, 0.3) is 0 Å². The summed E-state index contributed by atoms with van der Waals surface area (Å²) in [5, 5.41) is 0.603. The summed E-state index contributed by atoms with van der Waals surface area (Å²) in [5.41, 5.74) is 1.33. The number of hydrogen-bond acceptors (Lipinski definition) is 2. The van der Waals surface area contributed by atoms with Crippen LogP contribution in [0.3, 0.4) is 0 Å². The quantitative estimate of drug-likeness (QED) is 0.620. The molecule has 0 aliphatic heterocycles. The first-order valence-corrected chi connectivity index (χ1v) is 5.03. The molecular weight excluding hydrogens is 202 g/mol. The van der Waals surface area contributed by atoms with Crippen molar-refractivity contribution in [1.29, 1.82) is 0 Å². The molecule has 2 aromatic carbocycles. The van der Waals surface area contributed by atoms with Gasteiger partial charge in [-0.15, -0.1) is 0 Å². The number of rotatable bonds is 1. The van der Waals surface area contributed by atoms with Gasteiger partial charge in [0.15, 0.2) is 0 Å². The van der Waals surface area contributed by atoms with Crippen LogP contribution in [-0.4, -0.2) is 4.74 Å². The maximum absolute atomic E-state index is 11.6. The topological polar surface area (TPSA) is 35.1 Å². The summed E-state index contributed by atoms with van der Waals surface area (Å²) in [6, 6.07) is 16.9. The SMILES string of the molecule is O=c1on(-c2ccccc2)c2ccccc12. The third kappa shape index (κ3) is 1.26. The second-order valence-corrected chi connectivity index (χ2v) is 3.53. The zero-order valence-electron chi connectivity index (χ0n) is 8.46. The van der Waals surface area contributed by atoms with E-state index in [1.54, 1.807) is 10.8 Å². The van der Waals surface area contributed by atoms with E-state index in [-0.39, 0.29) is 5.63 Å². The van der Waals surface area contributed by atoms with Crippen LogP contribution in [0.15, 0.2) is 63.9 Å². The highest BCUT2D eigenvalue weighted by atomic mass is 16.5. The minimum Gasteiger partial charge on any atom is -0.330 e. The van der Waals surface area contributed by atoms with Crippen LogP contribution in [0.4, 0.5) is 0 Å². The van der Waals surface area contributed by atoms with E-state index in [0.29, 0.717) is 5.39 Å². The van der Waals surface area contributed by atoms with Gasteiger partial charge in [0, 0.05) is 0 Å². The van der Waals surface area contributed by atoms with Crippen molar-refractivity contribution in [3.05, 3.63) is 65.0 Å². The van der Waals surface area contributed by atoms with Gasteiger partial charge in [-0.1, -0.05) is 30.3 Å². The Hall–Kier alpha value is -2.29. The van der Waals surface area contributed by atoms with Gasteiger partial charge in [-0.25, -0.2) is 4.79 Å². The van der Waals surface area contributed by atoms with E-state index in [2.05, 4.69) is 0 Å². The molecule has 0 saturated carbocycles. The number of aromatic nitrogens is 1. The van der Waals surface area contributed by atoms with Crippen LogP contribution in [0.1, 0.15) is 0 Å². The van der Waals surface area contributed by atoms with Gasteiger partial charge in [-0.05, 0) is 24.3 Å². The molecule has 0 radical (unpaired) electrons. The van der Waals surface area contributed by atoms with Gasteiger partial charge in [0.1, 0.15) is 0 Å². The number of benzene rings is 2. The first-order valence-electron chi connectivity index (χ1n) is 5.03. The second kappa shape index (κ2) is 3.38. The molecule has 3 rings (SSSR count). The standard InChI is InChI=1S/C13H9NO2/c15-13-11-8-4-5-9-12(11)14(16-13)10-6-2-1-3-7-10/h1-9H. The van der Waals surface area contributed by atoms with E-state index in [9.17, 15) is 4.79 Å². The van der Waals surface area contributed by atoms with Gasteiger partial charge in [0.2, 0.25) is 0 Å². The Balaban J connectivity index is 2.38. The molecular formula is C13H9NO2. The number of para-hydroxylation sites is 2. The fourth-order valence-electron chi connectivity index (χ4n) is 1.76. The molecule has 78 valence electrons. The van der Waals surface area contributed by atoms with E-state index >= 15 is 0 Å². The molecule has 0 spiro atoms. The van der Waals surface area contributed by atoms with E-state index in [0.717, 1.165) is 11.2 Å². The molecule has 0 N–H and O–H groups in total. The van der Waals surface area contributed by atoms with E-state index in [1.807, 2.05) is 48.5 Å². The lowest BCUT2D eigenvalue weighted by molar-refractivity contribution is 0.333. The van der Waals surface area contributed by atoms with Gasteiger partial charge in [0.05, 0.1) is 16.6 Å². The van der Waals surface area contributed by atoms with Crippen molar-refractivity contribution in [2.24, 2.45) is 0 Å². The molecule has 1 heterocycles. The lowest BCUT2D eigenvalue weighted by Gasteiger charge is -2.00. The Kier molecular flexibility index (Phi) is 1.90. The maximum Gasteiger partial charge on any atom is 0.365 e. The van der Waals surface area contributed by atoms with Crippen LogP contribution in [0.25, 0.3) is 16.6 Å². The van der Waals surface area contributed by atoms with E-state index in [4.69, 9.17) is 4.52 Å². The third-order valence-corrected chi connectivity index (χ3v) is 2.51. The molecule has 0 unspecified atom stereocenters. The highest BCUT2D eigenvalue weighted by molar-refractivity contribution is 5.79. The highest BCUT2D eigenvalue weighted by Crippen LogP contribution is 2.16. The van der Waals surface area contributed by atoms with Gasteiger partial charge >= 0.3 is 5.63 Å². The van der Waals surface area contributed by atoms with Crippen molar-refractivity contribution in [3.8, 4) is 5.69 Å². The smallest absolute Gasteiger partial charge is 0.330 e. The van der Waals surface area contributed by atoms with Crippen molar-refractivity contribution < 1.29 is 4.52 Å². The summed E-state index contributed by atoms with van der Waals surface area (Å²) in [4.78, 5) is 11.6. The average molecular weight is 211 g/mol. The Labute approximate surface area is 91.5 Å². The molecule has 0 amide bonds. The zero-order valence-corrected chi connectivity index (χ0v) is 8.46. The molecule has 3 heteroatoms. The van der Waals surface area contributed by atoms with Gasteiger partial charge in [-0.3, -0.25) is 0 Å². The van der Waals surface area contributed by atoms with Crippen molar-refractivity contribution in [2.45, 2.75) is 0 Å². The molecule has 16 heavy (non-hydrogen) atoms. The van der Waals surface area contributed by atoms with Crippen LogP contribution >= 0.6 is 0 Å². The summed E-state index contributed by atoms with van der Waals surface area (Å²) >= 11 is 0. The molecule has 0 atom stereocenters. The summed E-state index contributed by atoms with van der Waals surface area (Å²) in [6.45, 7) is 0. The fraction of sp³-hybridized carbons (Fsp3) is 0. The van der Waals surface area contributed by atoms with Crippen LogP contribution < -0.4 is 5.63 Å². The van der Waals surface area contributed by atoms with Crippen molar-refractivity contribution in [1.82, 2.24) is 4.74 Å². The summed E-state index contributed by atoms with van der Waals surface area (Å²) < 4.78 is 6.77. The summed E-state index contributed by atoms with van der Waals surface area (Å²) in [6.07, 6.45) is 0. The monoisotopic (exact) mass is 211 g/mol.